The van der Waals surface area contributed by atoms with Crippen LogP contribution in [0.3, 0.4) is 0 Å². The van der Waals surface area contributed by atoms with Crippen molar-refractivity contribution in [2.75, 3.05) is 13.7 Å². The van der Waals surface area contributed by atoms with Crippen molar-refractivity contribution in [1.29, 1.82) is 0 Å². The molecular formula is C14H17NO3. The Morgan fingerprint density at radius 3 is 2.78 bits per heavy atom. The highest BCUT2D eigenvalue weighted by atomic mass is 16.7. The van der Waals surface area contributed by atoms with Crippen LogP contribution in [0.25, 0.3) is 5.57 Å². The molecule has 2 rings (SSSR count). The standard InChI is InChI=1S/C14H17NO3/c1-14(2)17-9-12(10-18-14)13-7-5-4-6-11(13)8-15-16-3/h4-9H,10H2,1-3H3/b15-8+. The Balaban J connectivity index is 2.29. The molecule has 1 aliphatic heterocycles. The van der Waals surface area contributed by atoms with E-state index in [1.54, 1.807) is 12.5 Å². The molecule has 0 radical (unpaired) electrons. The molecule has 0 atom stereocenters. The van der Waals surface area contributed by atoms with Crippen LogP contribution in [0, 0.1) is 0 Å². The van der Waals surface area contributed by atoms with Crippen LogP contribution in [0.2, 0.25) is 0 Å². The number of hydrogen-bond acceptors (Lipinski definition) is 4. The van der Waals surface area contributed by atoms with Crippen LogP contribution in [0.15, 0.2) is 35.7 Å². The van der Waals surface area contributed by atoms with Crippen LogP contribution in [-0.2, 0) is 14.3 Å². The molecule has 0 saturated carbocycles. The van der Waals surface area contributed by atoms with Crippen molar-refractivity contribution >= 4 is 11.8 Å². The van der Waals surface area contributed by atoms with Crippen LogP contribution < -0.4 is 0 Å². The maximum atomic E-state index is 5.63. The maximum absolute atomic E-state index is 5.63. The Bertz CT molecular complexity index is 478. The van der Waals surface area contributed by atoms with E-state index in [0.717, 1.165) is 16.7 Å². The van der Waals surface area contributed by atoms with Gasteiger partial charge in [0.15, 0.2) is 0 Å². The van der Waals surface area contributed by atoms with Gasteiger partial charge in [0.25, 0.3) is 0 Å². The van der Waals surface area contributed by atoms with Crippen LogP contribution in [0.4, 0.5) is 0 Å². The zero-order valence-corrected chi connectivity index (χ0v) is 10.8. The lowest BCUT2D eigenvalue weighted by Crippen LogP contribution is -2.30. The number of hydrogen-bond donors (Lipinski definition) is 0. The van der Waals surface area contributed by atoms with Crippen molar-refractivity contribution in [3.05, 3.63) is 41.7 Å². The van der Waals surface area contributed by atoms with E-state index in [1.165, 1.54) is 7.11 Å². The van der Waals surface area contributed by atoms with Gasteiger partial charge in [-0.25, -0.2) is 0 Å². The van der Waals surface area contributed by atoms with Gasteiger partial charge in [0, 0.05) is 25.0 Å². The summed E-state index contributed by atoms with van der Waals surface area (Å²) in [6.45, 7) is 4.29. The molecule has 1 aliphatic rings. The average Bonchev–Trinajstić information content (AvgIpc) is 2.37. The van der Waals surface area contributed by atoms with Crippen molar-refractivity contribution in [3.8, 4) is 0 Å². The van der Waals surface area contributed by atoms with Crippen molar-refractivity contribution in [3.63, 3.8) is 0 Å². The van der Waals surface area contributed by atoms with Crippen molar-refractivity contribution in [2.45, 2.75) is 19.6 Å². The molecule has 0 amide bonds. The van der Waals surface area contributed by atoms with Crippen LogP contribution >= 0.6 is 0 Å². The van der Waals surface area contributed by atoms with E-state index in [-0.39, 0.29) is 0 Å². The average molecular weight is 247 g/mol. The van der Waals surface area contributed by atoms with Crippen LogP contribution in [0.1, 0.15) is 25.0 Å². The van der Waals surface area contributed by atoms with Crippen molar-refractivity contribution in [2.24, 2.45) is 5.16 Å². The summed E-state index contributed by atoms with van der Waals surface area (Å²) in [4.78, 5) is 4.71. The molecule has 0 aromatic heterocycles. The molecule has 0 aliphatic carbocycles. The van der Waals surface area contributed by atoms with Gasteiger partial charge < -0.3 is 14.3 Å². The van der Waals surface area contributed by atoms with E-state index in [2.05, 4.69) is 5.16 Å². The second-order valence-electron chi connectivity index (χ2n) is 4.45. The molecule has 0 fully saturated rings. The maximum Gasteiger partial charge on any atom is 0.204 e. The Labute approximate surface area is 107 Å². The summed E-state index contributed by atoms with van der Waals surface area (Å²) in [6.07, 6.45) is 3.43. The van der Waals surface area contributed by atoms with Crippen molar-refractivity contribution in [1.82, 2.24) is 0 Å². The highest BCUT2D eigenvalue weighted by Crippen LogP contribution is 2.27. The fourth-order valence-corrected chi connectivity index (χ4v) is 1.69. The number of oxime groups is 1. The van der Waals surface area contributed by atoms with E-state index >= 15 is 0 Å². The second kappa shape index (κ2) is 5.23. The molecule has 1 heterocycles. The largest absolute Gasteiger partial charge is 0.470 e. The molecule has 0 saturated heterocycles. The van der Waals surface area contributed by atoms with E-state index in [0.29, 0.717) is 6.61 Å². The Kier molecular flexibility index (Phi) is 3.67. The van der Waals surface area contributed by atoms with Gasteiger partial charge in [-0.1, -0.05) is 29.4 Å². The van der Waals surface area contributed by atoms with E-state index in [9.17, 15) is 0 Å². The van der Waals surface area contributed by atoms with Gasteiger partial charge in [0.2, 0.25) is 5.79 Å². The minimum Gasteiger partial charge on any atom is -0.470 e. The minimum absolute atomic E-state index is 0.519. The van der Waals surface area contributed by atoms with E-state index < -0.39 is 5.79 Å². The predicted molar refractivity (Wildman–Crippen MR) is 70.1 cm³/mol. The van der Waals surface area contributed by atoms with Gasteiger partial charge in [-0.15, -0.1) is 0 Å². The molecule has 4 heteroatoms. The normalized spacial score (nSPS) is 18.3. The Morgan fingerprint density at radius 2 is 2.11 bits per heavy atom. The van der Waals surface area contributed by atoms with Gasteiger partial charge in [-0.05, 0) is 5.56 Å². The first-order chi connectivity index (χ1) is 8.62. The third-order valence-corrected chi connectivity index (χ3v) is 2.66. The lowest BCUT2D eigenvalue weighted by atomic mass is 10.0. The second-order valence-corrected chi connectivity index (χ2v) is 4.45. The first-order valence-corrected chi connectivity index (χ1v) is 5.79. The quantitative estimate of drug-likeness (QED) is 0.609. The summed E-state index contributed by atoms with van der Waals surface area (Å²) >= 11 is 0. The first kappa shape index (κ1) is 12.6. The summed E-state index contributed by atoms with van der Waals surface area (Å²) in [5, 5.41) is 3.79. The molecule has 1 aromatic carbocycles. The summed E-state index contributed by atoms with van der Waals surface area (Å²) in [7, 11) is 1.52. The van der Waals surface area contributed by atoms with Crippen molar-refractivity contribution < 1.29 is 14.3 Å². The molecule has 96 valence electrons. The molecule has 0 spiro atoms. The lowest BCUT2D eigenvalue weighted by molar-refractivity contribution is -0.182. The topological polar surface area (TPSA) is 40.0 Å². The van der Waals surface area contributed by atoms with Crippen LogP contribution in [0.5, 0.6) is 0 Å². The number of nitrogens with zero attached hydrogens (tertiary/aromatic N) is 1. The Hall–Kier alpha value is -1.81. The summed E-state index contributed by atoms with van der Waals surface area (Å²) in [5.41, 5.74) is 3.00. The summed E-state index contributed by atoms with van der Waals surface area (Å²) < 4.78 is 11.2. The third kappa shape index (κ3) is 2.90. The monoisotopic (exact) mass is 247 g/mol. The summed E-state index contributed by atoms with van der Waals surface area (Å²) in [5.74, 6) is -0.556. The first-order valence-electron chi connectivity index (χ1n) is 5.79. The molecule has 1 aromatic rings. The number of rotatable bonds is 3. The highest BCUT2D eigenvalue weighted by molar-refractivity contribution is 5.88. The van der Waals surface area contributed by atoms with Gasteiger partial charge in [-0.2, -0.15) is 0 Å². The molecule has 0 N–H and O–H groups in total. The van der Waals surface area contributed by atoms with Crippen LogP contribution in [-0.4, -0.2) is 25.7 Å². The Morgan fingerprint density at radius 1 is 1.33 bits per heavy atom. The highest BCUT2D eigenvalue weighted by Gasteiger charge is 2.24. The predicted octanol–water partition coefficient (Wildman–Crippen LogP) is 2.79. The molecule has 0 bridgehead atoms. The molecule has 18 heavy (non-hydrogen) atoms. The number of benzene rings is 1. The van der Waals surface area contributed by atoms with Gasteiger partial charge in [0.05, 0.1) is 19.1 Å². The molecule has 4 nitrogen and oxygen atoms in total. The van der Waals surface area contributed by atoms with Gasteiger partial charge >= 0.3 is 0 Å². The number of ether oxygens (including phenoxy) is 2. The molecular weight excluding hydrogens is 230 g/mol. The smallest absolute Gasteiger partial charge is 0.204 e. The lowest BCUT2D eigenvalue weighted by Gasteiger charge is -2.30. The third-order valence-electron chi connectivity index (χ3n) is 2.66. The minimum atomic E-state index is -0.556. The van der Waals surface area contributed by atoms with Gasteiger partial charge in [-0.3, -0.25) is 0 Å². The zero-order chi connectivity index (χ0) is 13.0. The SMILES string of the molecule is CO/N=C/c1ccccc1C1=COC(C)(C)OC1. The van der Waals surface area contributed by atoms with E-state index in [1.807, 2.05) is 38.1 Å². The fraction of sp³-hybridized carbons (Fsp3) is 0.357. The summed E-state index contributed by atoms with van der Waals surface area (Å²) in [6, 6.07) is 7.90. The van der Waals surface area contributed by atoms with Gasteiger partial charge in [0.1, 0.15) is 7.11 Å². The fourth-order valence-electron chi connectivity index (χ4n) is 1.69. The molecule has 0 unspecified atom stereocenters. The zero-order valence-electron chi connectivity index (χ0n) is 10.8. The van der Waals surface area contributed by atoms with E-state index in [4.69, 9.17) is 14.3 Å².